The third-order valence-corrected chi connectivity index (χ3v) is 4.72. The van der Waals surface area contributed by atoms with Gasteiger partial charge in [-0.3, -0.25) is 0 Å². The molecule has 4 heteroatoms. The van der Waals surface area contributed by atoms with Crippen LogP contribution in [-0.4, -0.2) is 40.6 Å². The van der Waals surface area contributed by atoms with E-state index in [1.165, 1.54) is 0 Å². The number of para-hydroxylation sites is 2. The van der Waals surface area contributed by atoms with Crippen LogP contribution in [0.1, 0.15) is 38.9 Å². The molecule has 0 fully saturated rings. The summed E-state index contributed by atoms with van der Waals surface area (Å²) in [5.41, 5.74) is 3.06. The minimum Gasteiger partial charge on any atom is -0.494 e. The third-order valence-electron chi connectivity index (χ3n) is 4.72. The molecular formula is C22H29N3O. The van der Waals surface area contributed by atoms with Gasteiger partial charge in [-0.25, -0.2) is 4.98 Å². The first kappa shape index (κ1) is 12.9. The van der Waals surface area contributed by atoms with Crippen molar-refractivity contribution < 1.29 is 11.6 Å². The lowest BCUT2D eigenvalue weighted by Gasteiger charge is -2.19. The summed E-state index contributed by atoms with van der Waals surface area (Å²) in [6.07, 6.45) is 0.610. The molecule has 2 aromatic carbocycles. The number of benzene rings is 2. The molecule has 0 amide bonds. The minimum absolute atomic E-state index is 0.180. The lowest BCUT2D eigenvalue weighted by molar-refractivity contribution is 0.291. The summed E-state index contributed by atoms with van der Waals surface area (Å²) < 4.78 is 44.4. The lowest BCUT2D eigenvalue weighted by Crippen LogP contribution is -2.27. The predicted molar refractivity (Wildman–Crippen MR) is 108 cm³/mol. The van der Waals surface area contributed by atoms with Crippen LogP contribution in [0.2, 0.25) is 0 Å². The van der Waals surface area contributed by atoms with Gasteiger partial charge < -0.3 is 14.2 Å². The summed E-state index contributed by atoms with van der Waals surface area (Å²) >= 11 is 0. The van der Waals surface area contributed by atoms with Crippen molar-refractivity contribution in [2.24, 2.45) is 0 Å². The van der Waals surface area contributed by atoms with Crippen LogP contribution in [0.15, 0.2) is 48.5 Å². The number of ether oxygens (including phenoxy) is 1. The quantitative estimate of drug-likeness (QED) is 0.570. The number of hydrogen-bond acceptors (Lipinski definition) is 3. The van der Waals surface area contributed by atoms with Crippen LogP contribution in [0.3, 0.4) is 0 Å². The van der Waals surface area contributed by atoms with Gasteiger partial charge in [-0.1, -0.05) is 38.1 Å². The molecule has 3 rings (SSSR count). The molecule has 0 spiro atoms. The molecule has 0 aliphatic heterocycles. The first-order valence-corrected chi connectivity index (χ1v) is 9.09. The SMILES string of the molecule is [2H]C([2H])([2H])C([2H])([2H])Oc1ccc(Cc2nc3ccccc3n2CCN(CC)CC)cc1. The molecule has 1 aromatic heterocycles. The van der Waals surface area contributed by atoms with Gasteiger partial charge in [0, 0.05) is 23.6 Å². The summed E-state index contributed by atoms with van der Waals surface area (Å²) in [4.78, 5) is 7.21. The molecule has 0 unspecified atom stereocenters. The van der Waals surface area contributed by atoms with E-state index < -0.39 is 13.4 Å². The summed E-state index contributed by atoms with van der Waals surface area (Å²) in [7, 11) is 0. The van der Waals surface area contributed by atoms with E-state index in [9.17, 15) is 0 Å². The molecule has 3 aromatic rings. The van der Waals surface area contributed by atoms with Crippen molar-refractivity contribution in [3.63, 3.8) is 0 Å². The van der Waals surface area contributed by atoms with Crippen molar-refractivity contribution >= 4 is 11.0 Å². The molecule has 0 N–H and O–H groups in total. The smallest absolute Gasteiger partial charge is 0.119 e. The number of imidazole rings is 1. The summed E-state index contributed by atoms with van der Waals surface area (Å²) in [6.45, 7) is 2.51. The lowest BCUT2D eigenvalue weighted by atomic mass is 10.1. The van der Waals surface area contributed by atoms with E-state index in [-0.39, 0.29) is 5.75 Å². The molecule has 4 nitrogen and oxygen atoms in total. The van der Waals surface area contributed by atoms with Crippen LogP contribution in [-0.2, 0) is 13.0 Å². The van der Waals surface area contributed by atoms with Crippen molar-refractivity contribution in [3.05, 3.63) is 59.9 Å². The zero-order valence-corrected chi connectivity index (χ0v) is 15.4. The van der Waals surface area contributed by atoms with Crippen LogP contribution in [0.4, 0.5) is 0 Å². The number of fused-ring (bicyclic) bond motifs is 1. The molecular weight excluding hydrogens is 322 g/mol. The first-order valence-electron chi connectivity index (χ1n) is 11.6. The Kier molecular flexibility index (Phi) is 4.41. The van der Waals surface area contributed by atoms with E-state index in [4.69, 9.17) is 16.6 Å². The summed E-state index contributed by atoms with van der Waals surface area (Å²) in [6, 6.07) is 14.9. The number of nitrogens with zero attached hydrogens (tertiary/aromatic N) is 3. The first-order chi connectivity index (χ1) is 14.6. The van der Waals surface area contributed by atoms with Gasteiger partial charge in [-0.2, -0.15) is 0 Å². The van der Waals surface area contributed by atoms with Gasteiger partial charge in [0.1, 0.15) is 11.6 Å². The standard InChI is InChI=1S/C22H29N3O/c1-4-24(5-2)15-16-25-21-10-8-7-9-20(21)23-22(25)17-18-11-13-19(14-12-18)26-6-3/h7-14H,4-6,15-17H2,1-3H3/i3D3,6D2. The van der Waals surface area contributed by atoms with Crippen molar-refractivity contribution in [3.8, 4) is 5.75 Å². The van der Waals surface area contributed by atoms with E-state index in [0.29, 0.717) is 6.42 Å². The Labute approximate surface area is 163 Å². The van der Waals surface area contributed by atoms with Crippen molar-refractivity contribution in [2.75, 3.05) is 26.2 Å². The molecule has 0 aliphatic rings. The van der Waals surface area contributed by atoms with Crippen LogP contribution in [0.5, 0.6) is 5.75 Å². The molecule has 0 saturated carbocycles. The maximum atomic E-state index is 7.62. The molecule has 0 atom stereocenters. The normalized spacial score (nSPS) is 15.3. The molecule has 0 saturated heterocycles. The number of likely N-dealkylation sites (N-methyl/N-ethyl adjacent to an activating group) is 1. The molecule has 26 heavy (non-hydrogen) atoms. The maximum Gasteiger partial charge on any atom is 0.119 e. The second kappa shape index (κ2) is 8.86. The Bertz CT molecular complexity index is 995. The molecule has 0 radical (unpaired) electrons. The van der Waals surface area contributed by atoms with Crippen molar-refractivity contribution in [2.45, 2.75) is 33.7 Å². The molecule has 138 valence electrons. The van der Waals surface area contributed by atoms with Crippen molar-refractivity contribution in [1.29, 1.82) is 0 Å². The highest BCUT2D eigenvalue weighted by molar-refractivity contribution is 5.76. The Morgan fingerprint density at radius 2 is 1.88 bits per heavy atom. The van der Waals surface area contributed by atoms with E-state index >= 15 is 0 Å². The van der Waals surface area contributed by atoms with Crippen LogP contribution in [0.25, 0.3) is 11.0 Å². The average Bonchev–Trinajstić information content (AvgIpc) is 3.06. The molecule has 1 heterocycles. The topological polar surface area (TPSA) is 30.3 Å². The monoisotopic (exact) mass is 356 g/mol. The fourth-order valence-corrected chi connectivity index (χ4v) is 3.21. The van der Waals surface area contributed by atoms with E-state index in [1.807, 2.05) is 30.3 Å². The molecule has 0 aliphatic carbocycles. The number of rotatable bonds is 9. The Balaban J connectivity index is 1.80. The second-order valence-corrected chi connectivity index (χ2v) is 6.22. The summed E-state index contributed by atoms with van der Waals surface area (Å²) in [5.74, 6) is 1.14. The van der Waals surface area contributed by atoms with E-state index in [0.717, 1.165) is 48.6 Å². The highest BCUT2D eigenvalue weighted by Crippen LogP contribution is 2.20. The fraction of sp³-hybridized carbons (Fsp3) is 0.409. The summed E-state index contributed by atoms with van der Waals surface area (Å²) in [5, 5.41) is 0. The van der Waals surface area contributed by atoms with Gasteiger partial charge in [0.15, 0.2) is 0 Å². The predicted octanol–water partition coefficient (Wildman–Crippen LogP) is 4.37. The third kappa shape index (κ3) is 4.25. The second-order valence-electron chi connectivity index (χ2n) is 6.22. The Morgan fingerprint density at radius 1 is 1.12 bits per heavy atom. The van der Waals surface area contributed by atoms with Crippen molar-refractivity contribution in [1.82, 2.24) is 14.5 Å². The van der Waals surface area contributed by atoms with E-state index in [2.05, 4.69) is 29.4 Å². The van der Waals surface area contributed by atoms with Crippen LogP contribution < -0.4 is 4.74 Å². The van der Waals surface area contributed by atoms with Gasteiger partial charge in [-0.15, -0.1) is 0 Å². The zero-order valence-electron chi connectivity index (χ0n) is 20.4. The Hall–Kier alpha value is -2.33. The molecule has 0 bridgehead atoms. The minimum atomic E-state index is -2.86. The van der Waals surface area contributed by atoms with Gasteiger partial charge in [0.25, 0.3) is 0 Å². The average molecular weight is 357 g/mol. The Morgan fingerprint density at radius 3 is 2.62 bits per heavy atom. The number of hydrogen-bond donors (Lipinski definition) is 0. The largest absolute Gasteiger partial charge is 0.494 e. The van der Waals surface area contributed by atoms with Gasteiger partial charge in [0.05, 0.1) is 20.3 Å². The zero-order chi connectivity index (χ0) is 22.6. The van der Waals surface area contributed by atoms with Gasteiger partial charge in [0.2, 0.25) is 0 Å². The van der Waals surface area contributed by atoms with Gasteiger partial charge >= 0.3 is 0 Å². The number of aromatic nitrogens is 2. The highest BCUT2D eigenvalue weighted by atomic mass is 16.5. The van der Waals surface area contributed by atoms with E-state index in [1.54, 1.807) is 12.1 Å². The van der Waals surface area contributed by atoms with Crippen LogP contribution in [0, 0.1) is 0 Å². The maximum absolute atomic E-state index is 7.62. The van der Waals surface area contributed by atoms with Gasteiger partial charge in [-0.05, 0) is 49.8 Å². The highest BCUT2D eigenvalue weighted by Gasteiger charge is 2.12. The fourth-order valence-electron chi connectivity index (χ4n) is 3.21. The van der Waals surface area contributed by atoms with Crippen LogP contribution >= 0.6 is 0 Å².